The molecule has 3 N–H and O–H groups in total. The minimum absolute atomic E-state index is 0.0520. The van der Waals surface area contributed by atoms with E-state index in [-0.39, 0.29) is 11.8 Å². The lowest BCUT2D eigenvalue weighted by atomic mass is 9.94. The molecule has 0 bridgehead atoms. The number of ketones is 1. The first-order chi connectivity index (χ1) is 8.40. The second-order valence-electron chi connectivity index (χ2n) is 4.92. The van der Waals surface area contributed by atoms with Gasteiger partial charge in [0.05, 0.1) is 12.6 Å². The molecule has 112 valence electrons. The van der Waals surface area contributed by atoms with Crippen molar-refractivity contribution in [2.45, 2.75) is 45.0 Å². The monoisotopic (exact) mass is 285 g/mol. The summed E-state index contributed by atoms with van der Waals surface area (Å²) in [5, 5.41) is 7.12. The fourth-order valence-electron chi connectivity index (χ4n) is 1.26. The van der Waals surface area contributed by atoms with Gasteiger partial charge in [0.15, 0.2) is 5.78 Å². The minimum Gasteiger partial charge on any atom is -0.475 e. The Hall–Kier alpha value is -1.15. The predicted octanol–water partition coefficient (Wildman–Crippen LogP) is 1.35. The number of alkyl halides is 3. The molecule has 1 rings (SSSR count). The normalized spacial score (nSPS) is 23.4. The van der Waals surface area contributed by atoms with Gasteiger partial charge < -0.3 is 15.6 Å². The number of carbonyl (C=O) groups excluding carboxylic acids is 1. The summed E-state index contributed by atoms with van der Waals surface area (Å²) in [6.07, 6.45) is -4.34. The number of ether oxygens (including phenoxy) is 1. The number of nitrogens with two attached hydrogens (primary N) is 1. The SMILES string of the molecule is CC(C)C[C@H](N)C(=O)[C@]1(C)CO1.O=C(O)C(F)(F)F. The highest BCUT2D eigenvalue weighted by Crippen LogP contribution is 2.28. The van der Waals surface area contributed by atoms with Crippen LogP contribution < -0.4 is 5.73 Å². The number of carbonyl (C=O) groups is 2. The number of hydrogen-bond acceptors (Lipinski definition) is 4. The van der Waals surface area contributed by atoms with E-state index in [1.165, 1.54) is 0 Å². The molecule has 0 aliphatic carbocycles. The summed E-state index contributed by atoms with van der Waals surface area (Å²) in [7, 11) is 0. The van der Waals surface area contributed by atoms with E-state index >= 15 is 0 Å². The maximum Gasteiger partial charge on any atom is 0.490 e. The minimum atomic E-state index is -5.08. The highest BCUT2D eigenvalue weighted by molar-refractivity contribution is 5.93. The molecule has 0 saturated carbocycles. The number of carboxylic acids is 1. The topological polar surface area (TPSA) is 92.9 Å². The largest absolute Gasteiger partial charge is 0.490 e. The Morgan fingerprint density at radius 3 is 2.00 bits per heavy atom. The number of carboxylic acid groups (broad SMARTS) is 1. The molecule has 0 aromatic carbocycles. The molecule has 0 aromatic heterocycles. The van der Waals surface area contributed by atoms with E-state index in [1.807, 2.05) is 0 Å². The van der Waals surface area contributed by atoms with Crippen LogP contribution in [0.25, 0.3) is 0 Å². The summed E-state index contributed by atoms with van der Waals surface area (Å²) in [5.41, 5.74) is 5.17. The van der Waals surface area contributed by atoms with Gasteiger partial charge in [0.25, 0.3) is 0 Å². The number of hydrogen-bond donors (Lipinski definition) is 2. The van der Waals surface area contributed by atoms with Gasteiger partial charge in [-0.1, -0.05) is 13.8 Å². The summed E-state index contributed by atoms with van der Waals surface area (Å²) >= 11 is 0. The summed E-state index contributed by atoms with van der Waals surface area (Å²) in [5.74, 6) is -2.24. The molecule has 1 aliphatic rings. The Morgan fingerprint density at radius 1 is 1.42 bits per heavy atom. The summed E-state index contributed by atoms with van der Waals surface area (Å²) in [6.45, 7) is 6.46. The molecular formula is C11H18F3NO4. The average molecular weight is 285 g/mol. The molecule has 19 heavy (non-hydrogen) atoms. The van der Waals surface area contributed by atoms with E-state index < -0.39 is 17.7 Å². The molecule has 1 aliphatic heterocycles. The summed E-state index contributed by atoms with van der Waals surface area (Å²) < 4.78 is 36.8. The van der Waals surface area contributed by atoms with Gasteiger partial charge in [-0.15, -0.1) is 0 Å². The van der Waals surface area contributed by atoms with Gasteiger partial charge in [0.2, 0.25) is 0 Å². The van der Waals surface area contributed by atoms with Crippen molar-refractivity contribution in [2.24, 2.45) is 11.7 Å². The second kappa shape index (κ2) is 6.33. The summed E-state index contributed by atoms with van der Waals surface area (Å²) in [4.78, 5) is 20.4. The molecule has 1 heterocycles. The zero-order valence-corrected chi connectivity index (χ0v) is 11.0. The fraction of sp³-hybridized carbons (Fsp3) is 0.818. The van der Waals surface area contributed by atoms with E-state index in [4.69, 9.17) is 20.4 Å². The number of epoxide rings is 1. The second-order valence-corrected chi connectivity index (χ2v) is 4.92. The maximum absolute atomic E-state index is 11.5. The Labute approximate surface area is 108 Å². The molecule has 5 nitrogen and oxygen atoms in total. The molecule has 0 aromatic rings. The van der Waals surface area contributed by atoms with Crippen molar-refractivity contribution >= 4 is 11.8 Å². The maximum atomic E-state index is 11.5. The van der Waals surface area contributed by atoms with Gasteiger partial charge in [0.1, 0.15) is 5.60 Å². The average Bonchev–Trinajstić information content (AvgIpc) is 2.95. The third kappa shape index (κ3) is 6.53. The van der Waals surface area contributed by atoms with Gasteiger partial charge in [-0.2, -0.15) is 13.2 Å². The number of halogens is 3. The van der Waals surface area contributed by atoms with E-state index in [2.05, 4.69) is 13.8 Å². The third-order valence-electron chi connectivity index (χ3n) is 2.40. The van der Waals surface area contributed by atoms with Crippen LogP contribution in [-0.2, 0) is 14.3 Å². The Bertz CT molecular complexity index is 337. The van der Waals surface area contributed by atoms with Crippen LogP contribution in [0.3, 0.4) is 0 Å². The van der Waals surface area contributed by atoms with Gasteiger partial charge in [-0.3, -0.25) is 4.79 Å². The van der Waals surface area contributed by atoms with Crippen LogP contribution in [0.5, 0.6) is 0 Å². The molecule has 0 radical (unpaired) electrons. The first-order valence-corrected chi connectivity index (χ1v) is 5.64. The lowest BCUT2D eigenvalue weighted by Gasteiger charge is -2.14. The molecule has 0 amide bonds. The van der Waals surface area contributed by atoms with Crippen molar-refractivity contribution in [1.82, 2.24) is 0 Å². The molecule has 0 unspecified atom stereocenters. The van der Waals surface area contributed by atoms with E-state index in [9.17, 15) is 18.0 Å². The van der Waals surface area contributed by atoms with Gasteiger partial charge in [0, 0.05) is 0 Å². The molecule has 0 spiro atoms. The quantitative estimate of drug-likeness (QED) is 0.761. The first kappa shape index (κ1) is 17.8. The van der Waals surface area contributed by atoms with Crippen molar-refractivity contribution < 1.29 is 32.6 Å². The first-order valence-electron chi connectivity index (χ1n) is 5.64. The molecule has 8 heteroatoms. The zero-order chi connectivity index (χ0) is 15.4. The van der Waals surface area contributed by atoms with Crippen LogP contribution in [0, 0.1) is 5.92 Å². The van der Waals surface area contributed by atoms with Gasteiger partial charge in [-0.05, 0) is 19.3 Å². The van der Waals surface area contributed by atoms with Crippen molar-refractivity contribution in [3.63, 3.8) is 0 Å². The van der Waals surface area contributed by atoms with Crippen LogP contribution in [-0.4, -0.2) is 41.3 Å². The number of rotatable bonds is 4. The van der Waals surface area contributed by atoms with E-state index in [0.29, 0.717) is 12.5 Å². The van der Waals surface area contributed by atoms with Crippen molar-refractivity contribution in [3.05, 3.63) is 0 Å². The zero-order valence-electron chi connectivity index (χ0n) is 11.0. The van der Waals surface area contributed by atoms with Crippen molar-refractivity contribution in [2.75, 3.05) is 6.61 Å². The van der Waals surface area contributed by atoms with Crippen LogP contribution in [0.15, 0.2) is 0 Å². The number of Topliss-reactive ketones (excluding diaryl/α,β-unsaturated/α-hetero) is 1. The predicted molar refractivity (Wildman–Crippen MR) is 60.5 cm³/mol. The van der Waals surface area contributed by atoms with Gasteiger partial charge in [-0.25, -0.2) is 4.79 Å². The smallest absolute Gasteiger partial charge is 0.475 e. The Kier molecular flexibility index (Phi) is 5.95. The molecule has 1 saturated heterocycles. The van der Waals surface area contributed by atoms with Crippen LogP contribution in [0.2, 0.25) is 0 Å². The standard InChI is InChI=1S/C9H17NO2.C2HF3O2/c1-6(2)4-7(10)8(11)9(3)5-12-9;3-2(4,5)1(6)7/h6-7H,4-5,10H2,1-3H3;(H,6,7)/t7-,9-;/m0./s1. The Morgan fingerprint density at radius 2 is 1.79 bits per heavy atom. The lowest BCUT2D eigenvalue weighted by Crippen LogP contribution is -2.40. The Balaban J connectivity index is 0.000000399. The highest BCUT2D eigenvalue weighted by Gasteiger charge is 2.48. The molecular weight excluding hydrogens is 267 g/mol. The molecule has 1 fully saturated rings. The number of aliphatic carboxylic acids is 1. The van der Waals surface area contributed by atoms with Crippen LogP contribution >= 0.6 is 0 Å². The fourth-order valence-corrected chi connectivity index (χ4v) is 1.26. The van der Waals surface area contributed by atoms with Crippen LogP contribution in [0.1, 0.15) is 27.2 Å². The van der Waals surface area contributed by atoms with E-state index in [0.717, 1.165) is 6.42 Å². The summed E-state index contributed by atoms with van der Waals surface area (Å²) in [6, 6.07) is -0.350. The van der Waals surface area contributed by atoms with Gasteiger partial charge >= 0.3 is 12.1 Å². The lowest BCUT2D eigenvalue weighted by molar-refractivity contribution is -0.192. The van der Waals surface area contributed by atoms with Crippen molar-refractivity contribution in [1.29, 1.82) is 0 Å². The van der Waals surface area contributed by atoms with Crippen molar-refractivity contribution in [3.8, 4) is 0 Å². The third-order valence-corrected chi connectivity index (χ3v) is 2.40. The van der Waals surface area contributed by atoms with E-state index in [1.54, 1.807) is 6.92 Å². The molecule has 2 atom stereocenters. The highest BCUT2D eigenvalue weighted by atomic mass is 19.4. The van der Waals surface area contributed by atoms with Crippen LogP contribution in [0.4, 0.5) is 13.2 Å².